The average molecular weight is 191 g/mol. The highest BCUT2D eigenvalue weighted by Crippen LogP contribution is 2.01. The van der Waals surface area contributed by atoms with E-state index in [0.717, 1.165) is 5.56 Å². The molecule has 1 unspecified atom stereocenters. The highest BCUT2D eigenvalue weighted by atomic mass is 16.2. The SMILES string of the molecule is CC(=O)C(N)C(=O)Cc1ccccc1. The molecular weight excluding hydrogens is 178 g/mol. The number of hydrogen-bond donors (Lipinski definition) is 1. The first kappa shape index (κ1) is 10.6. The largest absolute Gasteiger partial charge is 0.315 e. The Balaban J connectivity index is 2.62. The molecule has 1 rings (SSSR count). The van der Waals surface area contributed by atoms with Gasteiger partial charge in [0.25, 0.3) is 0 Å². The maximum Gasteiger partial charge on any atom is 0.161 e. The molecule has 1 aromatic rings. The van der Waals surface area contributed by atoms with Gasteiger partial charge in [-0.2, -0.15) is 0 Å². The van der Waals surface area contributed by atoms with Gasteiger partial charge < -0.3 is 5.73 Å². The van der Waals surface area contributed by atoms with Crippen LogP contribution < -0.4 is 5.73 Å². The lowest BCUT2D eigenvalue weighted by molar-refractivity contribution is -0.127. The molecule has 2 N–H and O–H groups in total. The Hall–Kier alpha value is -1.48. The van der Waals surface area contributed by atoms with Crippen LogP contribution in [0.2, 0.25) is 0 Å². The first-order valence-electron chi connectivity index (χ1n) is 4.44. The zero-order valence-corrected chi connectivity index (χ0v) is 8.07. The van der Waals surface area contributed by atoms with Crippen molar-refractivity contribution in [3.05, 3.63) is 35.9 Å². The average Bonchev–Trinajstić information content (AvgIpc) is 2.18. The number of hydrogen-bond acceptors (Lipinski definition) is 3. The Morgan fingerprint density at radius 3 is 2.36 bits per heavy atom. The van der Waals surface area contributed by atoms with Gasteiger partial charge in [-0.1, -0.05) is 30.3 Å². The minimum atomic E-state index is -0.977. The Morgan fingerprint density at radius 1 is 1.29 bits per heavy atom. The molecule has 0 aliphatic carbocycles. The Morgan fingerprint density at radius 2 is 1.86 bits per heavy atom. The summed E-state index contributed by atoms with van der Waals surface area (Å²) in [6, 6.07) is 8.27. The summed E-state index contributed by atoms with van der Waals surface area (Å²) in [5, 5.41) is 0. The van der Waals surface area contributed by atoms with Crippen LogP contribution in [0.1, 0.15) is 12.5 Å². The van der Waals surface area contributed by atoms with Crippen LogP contribution in [0, 0.1) is 0 Å². The number of benzene rings is 1. The van der Waals surface area contributed by atoms with Gasteiger partial charge in [-0.05, 0) is 12.5 Å². The maximum absolute atomic E-state index is 11.4. The monoisotopic (exact) mass is 191 g/mol. The van der Waals surface area contributed by atoms with Crippen LogP contribution in [-0.2, 0) is 16.0 Å². The topological polar surface area (TPSA) is 60.2 Å². The zero-order chi connectivity index (χ0) is 10.6. The van der Waals surface area contributed by atoms with Crippen molar-refractivity contribution in [2.24, 2.45) is 5.73 Å². The predicted octanol–water partition coefficient (Wildman–Crippen LogP) is 0.714. The fourth-order valence-electron chi connectivity index (χ4n) is 1.13. The quantitative estimate of drug-likeness (QED) is 0.713. The van der Waals surface area contributed by atoms with Gasteiger partial charge >= 0.3 is 0 Å². The Labute approximate surface area is 82.9 Å². The smallest absolute Gasteiger partial charge is 0.161 e. The summed E-state index contributed by atoms with van der Waals surface area (Å²) >= 11 is 0. The van der Waals surface area contributed by atoms with E-state index in [-0.39, 0.29) is 18.0 Å². The molecule has 0 saturated carbocycles. The number of Topliss-reactive ketones (excluding diaryl/α,β-unsaturated/α-hetero) is 2. The van der Waals surface area contributed by atoms with E-state index in [2.05, 4.69) is 0 Å². The van der Waals surface area contributed by atoms with Crippen molar-refractivity contribution >= 4 is 11.6 Å². The standard InChI is InChI=1S/C11H13NO2/c1-8(13)11(12)10(14)7-9-5-3-2-4-6-9/h2-6,11H,7,12H2,1H3. The molecule has 0 spiro atoms. The van der Waals surface area contributed by atoms with Crippen molar-refractivity contribution in [3.8, 4) is 0 Å². The number of carbonyl (C=O) groups is 2. The molecule has 3 heteroatoms. The lowest BCUT2D eigenvalue weighted by Gasteiger charge is -2.05. The fourth-order valence-corrected chi connectivity index (χ4v) is 1.13. The first-order valence-corrected chi connectivity index (χ1v) is 4.44. The van der Waals surface area contributed by atoms with E-state index < -0.39 is 6.04 Å². The Kier molecular flexibility index (Phi) is 3.54. The van der Waals surface area contributed by atoms with Gasteiger partial charge in [-0.25, -0.2) is 0 Å². The fraction of sp³-hybridized carbons (Fsp3) is 0.273. The molecule has 0 fully saturated rings. The number of nitrogens with two attached hydrogens (primary N) is 1. The van der Waals surface area contributed by atoms with E-state index in [0.29, 0.717) is 0 Å². The van der Waals surface area contributed by atoms with E-state index in [9.17, 15) is 9.59 Å². The molecule has 0 aliphatic rings. The molecular formula is C11H13NO2. The molecule has 0 aromatic heterocycles. The summed E-state index contributed by atoms with van der Waals surface area (Å²) in [6.07, 6.45) is 0.224. The summed E-state index contributed by atoms with van der Waals surface area (Å²) in [5.74, 6) is -0.519. The number of carbonyl (C=O) groups excluding carboxylic acids is 2. The normalized spacial score (nSPS) is 12.1. The van der Waals surface area contributed by atoms with Crippen molar-refractivity contribution < 1.29 is 9.59 Å². The minimum Gasteiger partial charge on any atom is -0.315 e. The summed E-state index contributed by atoms with van der Waals surface area (Å²) < 4.78 is 0. The van der Waals surface area contributed by atoms with Crippen molar-refractivity contribution in [2.75, 3.05) is 0 Å². The van der Waals surface area contributed by atoms with Gasteiger partial charge in [0.2, 0.25) is 0 Å². The molecule has 3 nitrogen and oxygen atoms in total. The second-order valence-electron chi connectivity index (χ2n) is 3.22. The van der Waals surface area contributed by atoms with E-state index in [4.69, 9.17) is 5.73 Å². The third-order valence-electron chi connectivity index (χ3n) is 2.01. The molecule has 0 aliphatic heterocycles. The Bertz CT molecular complexity index is 332. The summed E-state index contributed by atoms with van der Waals surface area (Å²) in [5.41, 5.74) is 6.29. The van der Waals surface area contributed by atoms with Crippen molar-refractivity contribution in [2.45, 2.75) is 19.4 Å². The van der Waals surface area contributed by atoms with Crippen LogP contribution in [0.5, 0.6) is 0 Å². The van der Waals surface area contributed by atoms with E-state index in [1.54, 1.807) is 0 Å². The van der Waals surface area contributed by atoms with Crippen LogP contribution in [-0.4, -0.2) is 17.6 Å². The zero-order valence-electron chi connectivity index (χ0n) is 8.07. The molecule has 0 bridgehead atoms. The van der Waals surface area contributed by atoms with Crippen molar-refractivity contribution in [1.29, 1.82) is 0 Å². The molecule has 1 atom stereocenters. The van der Waals surface area contributed by atoms with Gasteiger partial charge in [0.15, 0.2) is 11.6 Å². The number of ketones is 2. The van der Waals surface area contributed by atoms with Gasteiger partial charge in [-0.3, -0.25) is 9.59 Å². The molecule has 0 amide bonds. The van der Waals surface area contributed by atoms with Crippen LogP contribution in [0.25, 0.3) is 0 Å². The lowest BCUT2D eigenvalue weighted by atomic mass is 10.0. The van der Waals surface area contributed by atoms with Crippen molar-refractivity contribution in [1.82, 2.24) is 0 Å². The highest BCUT2D eigenvalue weighted by molar-refractivity contribution is 6.05. The van der Waals surface area contributed by atoms with Gasteiger partial charge in [0.1, 0.15) is 6.04 Å². The van der Waals surface area contributed by atoms with Crippen LogP contribution in [0.3, 0.4) is 0 Å². The van der Waals surface area contributed by atoms with Crippen LogP contribution in [0.15, 0.2) is 30.3 Å². The molecule has 74 valence electrons. The van der Waals surface area contributed by atoms with Crippen molar-refractivity contribution in [3.63, 3.8) is 0 Å². The van der Waals surface area contributed by atoms with E-state index in [1.807, 2.05) is 30.3 Å². The second-order valence-corrected chi connectivity index (χ2v) is 3.22. The molecule has 0 radical (unpaired) electrons. The molecule has 1 aromatic carbocycles. The summed E-state index contributed by atoms with van der Waals surface area (Å²) in [4.78, 5) is 22.2. The predicted molar refractivity (Wildman–Crippen MR) is 53.8 cm³/mol. The summed E-state index contributed by atoms with van der Waals surface area (Å²) in [7, 11) is 0. The lowest BCUT2D eigenvalue weighted by Crippen LogP contribution is -2.38. The van der Waals surface area contributed by atoms with E-state index >= 15 is 0 Å². The molecule has 14 heavy (non-hydrogen) atoms. The van der Waals surface area contributed by atoms with Gasteiger partial charge in [0, 0.05) is 6.42 Å². The van der Waals surface area contributed by atoms with E-state index in [1.165, 1.54) is 6.92 Å². The molecule has 0 heterocycles. The minimum absolute atomic E-state index is 0.224. The number of rotatable bonds is 4. The first-order chi connectivity index (χ1) is 6.61. The highest BCUT2D eigenvalue weighted by Gasteiger charge is 2.17. The second kappa shape index (κ2) is 4.67. The third-order valence-corrected chi connectivity index (χ3v) is 2.01. The summed E-state index contributed by atoms with van der Waals surface area (Å²) in [6.45, 7) is 1.33. The van der Waals surface area contributed by atoms with Gasteiger partial charge in [0.05, 0.1) is 0 Å². The van der Waals surface area contributed by atoms with Crippen LogP contribution >= 0.6 is 0 Å². The van der Waals surface area contributed by atoms with Gasteiger partial charge in [-0.15, -0.1) is 0 Å². The van der Waals surface area contributed by atoms with Crippen LogP contribution in [0.4, 0.5) is 0 Å². The maximum atomic E-state index is 11.4. The molecule has 0 saturated heterocycles. The third kappa shape index (κ3) is 2.78.